The highest BCUT2D eigenvalue weighted by Gasteiger charge is 2.35. The van der Waals surface area contributed by atoms with Crippen LogP contribution in [-0.2, 0) is 27.5 Å². The molecule has 3 aromatic rings. The van der Waals surface area contributed by atoms with Gasteiger partial charge >= 0.3 is 5.97 Å². The molecule has 216 valence electrons. The standard InChI is InChI=1S/C29H24F5NO6/c30-22-23(31)25(33)28(26(34)24(22)32)41-29(36)15-5-7-35(8-6-15)27(16-1-3-20-18(9-16)11-37-13-39-20)17-2-4-21-19(10-17)12-38-14-40-21/h1-4,9-10,15,27H,5-8,11-14H2. The number of ether oxygens (including phenoxy) is 5. The smallest absolute Gasteiger partial charge is 0.314 e. The molecule has 3 aliphatic rings. The summed E-state index contributed by atoms with van der Waals surface area (Å²) >= 11 is 0. The summed E-state index contributed by atoms with van der Waals surface area (Å²) in [6.07, 6.45) is 0.470. The summed E-state index contributed by atoms with van der Waals surface area (Å²) in [5.41, 5.74) is 3.70. The second kappa shape index (κ2) is 11.3. The lowest BCUT2D eigenvalue weighted by molar-refractivity contribution is -0.141. The van der Waals surface area contributed by atoms with E-state index in [1.54, 1.807) is 0 Å². The fourth-order valence-electron chi connectivity index (χ4n) is 5.43. The minimum atomic E-state index is -2.32. The Hall–Kier alpha value is -3.74. The SMILES string of the molecule is O=C(Oc1c(F)c(F)c(F)c(F)c1F)C1CCN(C(c2ccc3c(c2)COCO3)c2ccc3c(c2)COCO3)CC1. The van der Waals surface area contributed by atoms with Gasteiger partial charge in [-0.2, -0.15) is 8.78 Å². The summed E-state index contributed by atoms with van der Waals surface area (Å²) in [7, 11) is 0. The Labute approximate surface area is 231 Å². The maximum absolute atomic E-state index is 14.1. The van der Waals surface area contributed by atoms with E-state index in [1.165, 1.54) is 0 Å². The maximum atomic E-state index is 14.1. The number of piperidine rings is 1. The first-order chi connectivity index (χ1) is 19.8. The first-order valence-corrected chi connectivity index (χ1v) is 13.0. The second-order valence-electron chi connectivity index (χ2n) is 9.99. The van der Waals surface area contributed by atoms with Gasteiger partial charge in [-0.3, -0.25) is 9.69 Å². The predicted molar refractivity (Wildman–Crippen MR) is 131 cm³/mol. The third-order valence-electron chi connectivity index (χ3n) is 7.51. The third-order valence-corrected chi connectivity index (χ3v) is 7.51. The zero-order valence-corrected chi connectivity index (χ0v) is 21.6. The first kappa shape index (κ1) is 27.4. The summed E-state index contributed by atoms with van der Waals surface area (Å²) < 4.78 is 95.4. The Morgan fingerprint density at radius 1 is 0.756 bits per heavy atom. The molecule has 41 heavy (non-hydrogen) atoms. The van der Waals surface area contributed by atoms with E-state index in [4.69, 9.17) is 23.7 Å². The lowest BCUT2D eigenvalue weighted by Gasteiger charge is -2.38. The van der Waals surface area contributed by atoms with Crippen molar-refractivity contribution in [3.63, 3.8) is 0 Å². The van der Waals surface area contributed by atoms with Gasteiger partial charge in [-0.1, -0.05) is 12.1 Å². The predicted octanol–water partition coefficient (Wildman–Crippen LogP) is 5.52. The van der Waals surface area contributed by atoms with Crippen molar-refractivity contribution < 1.29 is 50.4 Å². The Balaban J connectivity index is 1.24. The van der Waals surface area contributed by atoms with Crippen LogP contribution >= 0.6 is 0 Å². The van der Waals surface area contributed by atoms with Crippen LogP contribution in [0.25, 0.3) is 0 Å². The van der Waals surface area contributed by atoms with Crippen molar-refractivity contribution in [2.24, 2.45) is 5.92 Å². The molecule has 0 radical (unpaired) electrons. The number of hydrogen-bond donors (Lipinski definition) is 0. The van der Waals surface area contributed by atoms with Crippen molar-refractivity contribution in [3.8, 4) is 17.2 Å². The number of nitrogens with zero attached hydrogens (tertiary/aromatic N) is 1. The molecule has 3 aliphatic heterocycles. The topological polar surface area (TPSA) is 66.5 Å². The molecule has 0 bridgehead atoms. The lowest BCUT2D eigenvalue weighted by atomic mass is 9.90. The summed E-state index contributed by atoms with van der Waals surface area (Å²) in [4.78, 5) is 14.9. The van der Waals surface area contributed by atoms with Crippen LogP contribution in [0.5, 0.6) is 17.2 Å². The van der Waals surface area contributed by atoms with E-state index in [0.717, 1.165) is 33.8 Å². The summed E-state index contributed by atoms with van der Waals surface area (Å²) in [6.45, 7) is 1.91. The van der Waals surface area contributed by atoms with Crippen molar-refractivity contribution in [2.45, 2.75) is 32.1 Å². The van der Waals surface area contributed by atoms with E-state index < -0.39 is 46.7 Å². The average molecular weight is 578 g/mol. The highest BCUT2D eigenvalue weighted by Crippen LogP contribution is 2.38. The van der Waals surface area contributed by atoms with Gasteiger partial charge in [0, 0.05) is 11.1 Å². The zero-order valence-electron chi connectivity index (χ0n) is 21.6. The normalized spacial score (nSPS) is 17.4. The van der Waals surface area contributed by atoms with Crippen molar-refractivity contribution in [1.82, 2.24) is 4.90 Å². The number of carbonyl (C=O) groups is 1. The molecule has 1 saturated heterocycles. The first-order valence-electron chi connectivity index (χ1n) is 13.0. The maximum Gasteiger partial charge on any atom is 0.314 e. The van der Waals surface area contributed by atoms with Gasteiger partial charge in [0.15, 0.2) is 13.6 Å². The number of halogens is 5. The highest BCUT2D eigenvalue weighted by molar-refractivity contribution is 5.75. The Morgan fingerprint density at radius 3 is 1.76 bits per heavy atom. The van der Waals surface area contributed by atoms with E-state index in [-0.39, 0.29) is 32.5 Å². The Bertz CT molecular complexity index is 1400. The largest absolute Gasteiger partial charge is 0.467 e. The van der Waals surface area contributed by atoms with Gasteiger partial charge in [-0.15, -0.1) is 0 Å². The molecule has 1 fully saturated rings. The van der Waals surface area contributed by atoms with Gasteiger partial charge in [0.1, 0.15) is 11.5 Å². The number of carbonyl (C=O) groups excluding carboxylic acids is 1. The second-order valence-corrected chi connectivity index (χ2v) is 9.99. The number of esters is 1. The molecule has 0 aromatic heterocycles. The van der Waals surface area contributed by atoms with Gasteiger partial charge < -0.3 is 23.7 Å². The van der Waals surface area contributed by atoms with Gasteiger partial charge in [-0.05, 0) is 61.3 Å². The zero-order chi connectivity index (χ0) is 28.7. The molecule has 7 nitrogen and oxygen atoms in total. The van der Waals surface area contributed by atoms with Crippen LogP contribution in [0.3, 0.4) is 0 Å². The van der Waals surface area contributed by atoms with Crippen molar-refractivity contribution in [3.05, 3.63) is 87.7 Å². The number of fused-ring (bicyclic) bond motifs is 2. The fourth-order valence-corrected chi connectivity index (χ4v) is 5.43. The van der Waals surface area contributed by atoms with Crippen molar-refractivity contribution in [1.29, 1.82) is 0 Å². The molecular formula is C29H24F5NO6. The van der Waals surface area contributed by atoms with E-state index in [0.29, 0.717) is 26.3 Å². The third kappa shape index (κ3) is 5.22. The van der Waals surface area contributed by atoms with Crippen LogP contribution in [0, 0.1) is 35.0 Å². The van der Waals surface area contributed by atoms with E-state index >= 15 is 0 Å². The van der Waals surface area contributed by atoms with Crippen LogP contribution < -0.4 is 14.2 Å². The molecule has 0 amide bonds. The van der Waals surface area contributed by atoms with Crippen LogP contribution in [0.15, 0.2) is 36.4 Å². The molecule has 3 aromatic carbocycles. The van der Waals surface area contributed by atoms with E-state index in [1.807, 2.05) is 36.4 Å². The average Bonchev–Trinajstić information content (AvgIpc) is 3.01. The summed E-state index contributed by atoms with van der Waals surface area (Å²) in [5.74, 6) is -13.0. The molecule has 0 aliphatic carbocycles. The van der Waals surface area contributed by atoms with Gasteiger partial charge in [0.25, 0.3) is 0 Å². The fraction of sp³-hybridized carbons (Fsp3) is 0.345. The summed E-state index contributed by atoms with van der Waals surface area (Å²) in [5, 5.41) is 0. The monoisotopic (exact) mass is 577 g/mol. The van der Waals surface area contributed by atoms with Crippen molar-refractivity contribution in [2.75, 3.05) is 26.7 Å². The minimum absolute atomic E-state index is 0.176. The number of hydrogen-bond acceptors (Lipinski definition) is 7. The molecule has 0 spiro atoms. The summed E-state index contributed by atoms with van der Waals surface area (Å²) in [6, 6.07) is 11.5. The minimum Gasteiger partial charge on any atom is -0.467 e. The molecule has 0 atom stereocenters. The van der Waals surface area contributed by atoms with Crippen LogP contribution in [0.4, 0.5) is 22.0 Å². The molecule has 3 heterocycles. The Morgan fingerprint density at radius 2 is 1.24 bits per heavy atom. The quantitative estimate of drug-likeness (QED) is 0.130. The van der Waals surface area contributed by atoms with E-state index in [2.05, 4.69) is 4.90 Å². The Kier molecular flexibility index (Phi) is 7.54. The van der Waals surface area contributed by atoms with Gasteiger partial charge in [-0.25, -0.2) is 13.2 Å². The number of benzene rings is 3. The molecule has 0 N–H and O–H groups in total. The van der Waals surface area contributed by atoms with E-state index in [9.17, 15) is 26.7 Å². The molecule has 12 heteroatoms. The molecule has 6 rings (SSSR count). The van der Waals surface area contributed by atoms with Gasteiger partial charge in [0.05, 0.1) is 25.2 Å². The highest BCUT2D eigenvalue weighted by atomic mass is 19.2. The molecular weight excluding hydrogens is 553 g/mol. The number of likely N-dealkylation sites (tertiary alicyclic amines) is 1. The van der Waals surface area contributed by atoms with Crippen LogP contribution in [0.1, 0.15) is 41.1 Å². The van der Waals surface area contributed by atoms with Crippen LogP contribution in [-0.4, -0.2) is 37.5 Å². The van der Waals surface area contributed by atoms with Crippen LogP contribution in [0.2, 0.25) is 0 Å². The van der Waals surface area contributed by atoms with Crippen molar-refractivity contribution >= 4 is 5.97 Å². The molecule has 0 saturated carbocycles. The lowest BCUT2D eigenvalue weighted by Crippen LogP contribution is -2.40. The number of rotatable bonds is 5. The van der Waals surface area contributed by atoms with Gasteiger partial charge in [0.2, 0.25) is 34.8 Å². The molecule has 0 unspecified atom stereocenters.